The van der Waals surface area contributed by atoms with E-state index >= 15 is 0 Å². The second kappa shape index (κ2) is 9.32. The fourth-order valence-corrected chi connectivity index (χ4v) is 2.12. The zero-order valence-corrected chi connectivity index (χ0v) is 12.9. The number of likely N-dealkylation sites (N-methyl/N-ethyl adjacent to an activating group) is 1. The monoisotopic (exact) mass is 284 g/mol. The molecule has 108 valence electrons. The van der Waals surface area contributed by atoms with E-state index in [-0.39, 0.29) is 0 Å². The average Bonchev–Trinajstić information content (AvgIpc) is 2.41. The molecule has 1 rings (SSSR count). The largest absolute Gasteiger partial charge is 0.380 e. The van der Waals surface area contributed by atoms with Gasteiger partial charge in [0.1, 0.15) is 0 Å². The lowest BCUT2D eigenvalue weighted by Gasteiger charge is -2.21. The van der Waals surface area contributed by atoms with E-state index in [0.29, 0.717) is 6.04 Å². The lowest BCUT2D eigenvalue weighted by atomic mass is 10.0. The first-order valence-electron chi connectivity index (χ1n) is 6.86. The van der Waals surface area contributed by atoms with Crippen molar-refractivity contribution in [1.82, 2.24) is 10.2 Å². The third-order valence-corrected chi connectivity index (χ3v) is 3.49. The molecule has 19 heavy (non-hydrogen) atoms. The van der Waals surface area contributed by atoms with Gasteiger partial charge in [-0.05, 0) is 51.7 Å². The topological polar surface area (TPSA) is 24.5 Å². The van der Waals surface area contributed by atoms with E-state index < -0.39 is 0 Å². The van der Waals surface area contributed by atoms with Crippen LogP contribution in [-0.2, 0) is 4.74 Å². The normalized spacial score (nSPS) is 12.9. The lowest BCUT2D eigenvalue weighted by Crippen LogP contribution is -2.28. The summed E-state index contributed by atoms with van der Waals surface area (Å²) in [6, 6.07) is 8.43. The van der Waals surface area contributed by atoms with Crippen LogP contribution in [0.3, 0.4) is 0 Å². The van der Waals surface area contributed by atoms with Gasteiger partial charge in [-0.25, -0.2) is 0 Å². The first kappa shape index (κ1) is 16.4. The van der Waals surface area contributed by atoms with Gasteiger partial charge in [-0.2, -0.15) is 0 Å². The van der Waals surface area contributed by atoms with Gasteiger partial charge in [-0.1, -0.05) is 23.7 Å². The minimum Gasteiger partial charge on any atom is -0.380 e. The molecule has 0 aliphatic rings. The van der Waals surface area contributed by atoms with Crippen molar-refractivity contribution in [2.75, 3.05) is 40.4 Å². The summed E-state index contributed by atoms with van der Waals surface area (Å²) in [7, 11) is 4.13. The molecule has 0 heterocycles. The molecule has 0 amide bonds. The summed E-state index contributed by atoms with van der Waals surface area (Å²) in [5.41, 5.74) is 1.28. The number of rotatable bonds is 9. The van der Waals surface area contributed by atoms with Gasteiger partial charge in [-0.3, -0.25) is 0 Å². The molecule has 4 heteroatoms. The molecule has 0 aliphatic carbocycles. The highest BCUT2D eigenvalue weighted by molar-refractivity contribution is 6.30. The van der Waals surface area contributed by atoms with E-state index in [1.165, 1.54) is 5.56 Å². The summed E-state index contributed by atoms with van der Waals surface area (Å²) in [4.78, 5) is 2.30. The molecule has 1 N–H and O–H groups in total. The highest BCUT2D eigenvalue weighted by Gasteiger charge is 2.10. The third-order valence-electron chi connectivity index (χ3n) is 3.24. The van der Waals surface area contributed by atoms with Crippen LogP contribution in [0.5, 0.6) is 0 Å². The Labute approximate surface area is 121 Å². The Balaban J connectivity index is 2.38. The first-order chi connectivity index (χ1) is 9.17. The quantitative estimate of drug-likeness (QED) is 0.706. The molecule has 0 bridgehead atoms. The van der Waals surface area contributed by atoms with Crippen molar-refractivity contribution >= 4 is 11.6 Å². The molecule has 0 saturated heterocycles. The fourth-order valence-electron chi connectivity index (χ4n) is 2.00. The Morgan fingerprint density at radius 1 is 1.26 bits per heavy atom. The number of nitrogens with zero attached hydrogens (tertiary/aromatic N) is 1. The maximum atomic E-state index is 5.92. The van der Waals surface area contributed by atoms with E-state index in [2.05, 4.69) is 29.4 Å². The maximum Gasteiger partial charge on any atom is 0.0593 e. The van der Waals surface area contributed by atoms with Crippen LogP contribution in [0, 0.1) is 0 Å². The van der Waals surface area contributed by atoms with Crippen LogP contribution in [0.2, 0.25) is 5.02 Å². The number of halogens is 1. The molecular formula is C15H25ClN2O. The Bertz CT molecular complexity index is 343. The van der Waals surface area contributed by atoms with Gasteiger partial charge in [0.25, 0.3) is 0 Å². The van der Waals surface area contributed by atoms with Crippen molar-refractivity contribution in [3.63, 3.8) is 0 Å². The van der Waals surface area contributed by atoms with Gasteiger partial charge >= 0.3 is 0 Å². The van der Waals surface area contributed by atoms with Gasteiger partial charge in [0.15, 0.2) is 0 Å². The standard InChI is InChI=1S/C15H25ClN2O/c1-4-19-12-11-18(3)10-9-15(17-2)13-5-7-14(16)8-6-13/h5-8,15,17H,4,9-12H2,1-3H3. The molecule has 0 aliphatic heterocycles. The van der Waals surface area contributed by atoms with Crippen LogP contribution >= 0.6 is 11.6 Å². The van der Waals surface area contributed by atoms with E-state index in [9.17, 15) is 0 Å². The molecule has 1 atom stereocenters. The first-order valence-corrected chi connectivity index (χ1v) is 7.24. The number of ether oxygens (including phenoxy) is 1. The summed E-state index contributed by atoms with van der Waals surface area (Å²) in [6.45, 7) is 5.64. The highest BCUT2D eigenvalue weighted by atomic mass is 35.5. The van der Waals surface area contributed by atoms with Crippen molar-refractivity contribution in [2.45, 2.75) is 19.4 Å². The van der Waals surface area contributed by atoms with E-state index in [0.717, 1.165) is 37.7 Å². The SMILES string of the molecule is CCOCCN(C)CCC(NC)c1ccc(Cl)cc1. The molecule has 1 unspecified atom stereocenters. The number of nitrogens with one attached hydrogen (secondary N) is 1. The summed E-state index contributed by atoms with van der Waals surface area (Å²) < 4.78 is 5.36. The van der Waals surface area contributed by atoms with E-state index in [4.69, 9.17) is 16.3 Å². The molecule has 0 radical (unpaired) electrons. The number of hydrogen-bond donors (Lipinski definition) is 1. The Morgan fingerprint density at radius 2 is 1.95 bits per heavy atom. The second-order valence-corrected chi connectivity index (χ2v) is 5.12. The minimum atomic E-state index is 0.367. The van der Waals surface area contributed by atoms with Gasteiger partial charge < -0.3 is 15.0 Å². The lowest BCUT2D eigenvalue weighted by molar-refractivity contribution is 0.121. The highest BCUT2D eigenvalue weighted by Crippen LogP contribution is 2.19. The second-order valence-electron chi connectivity index (χ2n) is 4.68. The Hall–Kier alpha value is -0.610. The molecule has 1 aromatic carbocycles. The van der Waals surface area contributed by atoms with Gasteiger partial charge in [0, 0.05) is 24.2 Å². The van der Waals surface area contributed by atoms with Crippen LogP contribution in [-0.4, -0.2) is 45.3 Å². The van der Waals surface area contributed by atoms with E-state index in [1.54, 1.807) is 0 Å². The predicted octanol–water partition coefficient (Wildman–Crippen LogP) is 2.96. The van der Waals surface area contributed by atoms with E-state index in [1.807, 2.05) is 26.1 Å². The maximum absolute atomic E-state index is 5.92. The Kier molecular flexibility index (Phi) is 8.07. The number of benzene rings is 1. The zero-order valence-electron chi connectivity index (χ0n) is 12.2. The Morgan fingerprint density at radius 3 is 2.53 bits per heavy atom. The predicted molar refractivity (Wildman–Crippen MR) is 81.9 cm³/mol. The summed E-state index contributed by atoms with van der Waals surface area (Å²) >= 11 is 5.92. The fraction of sp³-hybridized carbons (Fsp3) is 0.600. The smallest absolute Gasteiger partial charge is 0.0593 e. The molecule has 0 aromatic heterocycles. The molecule has 3 nitrogen and oxygen atoms in total. The van der Waals surface area contributed by atoms with Crippen LogP contribution in [0.1, 0.15) is 24.9 Å². The average molecular weight is 285 g/mol. The molecule has 0 fully saturated rings. The summed E-state index contributed by atoms with van der Waals surface area (Å²) in [6.07, 6.45) is 1.07. The van der Waals surface area contributed by atoms with Crippen LogP contribution < -0.4 is 5.32 Å². The molecule has 0 saturated carbocycles. The van der Waals surface area contributed by atoms with Crippen LogP contribution in [0.25, 0.3) is 0 Å². The van der Waals surface area contributed by atoms with Crippen molar-refractivity contribution in [2.24, 2.45) is 0 Å². The number of hydrogen-bond acceptors (Lipinski definition) is 3. The van der Waals surface area contributed by atoms with Crippen LogP contribution in [0.4, 0.5) is 0 Å². The van der Waals surface area contributed by atoms with Crippen LogP contribution in [0.15, 0.2) is 24.3 Å². The minimum absolute atomic E-state index is 0.367. The van der Waals surface area contributed by atoms with Gasteiger partial charge in [0.05, 0.1) is 6.61 Å². The summed E-state index contributed by atoms with van der Waals surface area (Å²) in [5.74, 6) is 0. The molecule has 1 aromatic rings. The molecular weight excluding hydrogens is 260 g/mol. The van der Waals surface area contributed by atoms with Crippen molar-refractivity contribution in [3.8, 4) is 0 Å². The van der Waals surface area contributed by atoms with Gasteiger partial charge in [-0.15, -0.1) is 0 Å². The third kappa shape index (κ3) is 6.39. The van der Waals surface area contributed by atoms with Crippen molar-refractivity contribution < 1.29 is 4.74 Å². The summed E-state index contributed by atoms with van der Waals surface area (Å²) in [5, 5.41) is 4.14. The molecule has 0 spiro atoms. The van der Waals surface area contributed by atoms with Crippen molar-refractivity contribution in [1.29, 1.82) is 0 Å². The van der Waals surface area contributed by atoms with Gasteiger partial charge in [0.2, 0.25) is 0 Å². The zero-order chi connectivity index (χ0) is 14.1. The van der Waals surface area contributed by atoms with Crippen molar-refractivity contribution in [3.05, 3.63) is 34.9 Å².